The van der Waals surface area contributed by atoms with Crippen molar-refractivity contribution in [2.24, 2.45) is 0 Å². The maximum absolute atomic E-state index is 11.3. The summed E-state index contributed by atoms with van der Waals surface area (Å²) in [4.78, 5) is 11.3. The number of halogens is 2. The van der Waals surface area contributed by atoms with Crippen LogP contribution in [0, 0.1) is 0 Å². The summed E-state index contributed by atoms with van der Waals surface area (Å²) in [5.41, 5.74) is 1.41. The van der Waals surface area contributed by atoms with Gasteiger partial charge in [-0.2, -0.15) is 0 Å². The van der Waals surface area contributed by atoms with Gasteiger partial charge in [-0.05, 0) is 30.2 Å². The predicted molar refractivity (Wildman–Crippen MR) is 60.0 cm³/mol. The van der Waals surface area contributed by atoms with Crippen LogP contribution in [0.5, 0.6) is 0 Å². The molecule has 0 atom stereocenters. The second-order valence-corrected chi connectivity index (χ2v) is 3.94. The van der Waals surface area contributed by atoms with E-state index in [9.17, 15) is 4.79 Å². The number of ketones is 1. The lowest BCUT2D eigenvalue weighted by molar-refractivity contribution is -0.114. The van der Waals surface area contributed by atoms with Gasteiger partial charge >= 0.3 is 0 Å². The van der Waals surface area contributed by atoms with Gasteiger partial charge in [0.2, 0.25) is 0 Å². The van der Waals surface area contributed by atoms with E-state index in [0.717, 1.165) is 5.56 Å². The fourth-order valence-electron chi connectivity index (χ4n) is 0.986. The van der Waals surface area contributed by atoms with Gasteiger partial charge in [0.25, 0.3) is 0 Å². The molecule has 0 amide bonds. The average Bonchev–Trinajstić information content (AvgIpc) is 2.11. The number of allylic oxidation sites excluding steroid dienone is 1. The zero-order chi connectivity index (χ0) is 10.7. The van der Waals surface area contributed by atoms with Crippen molar-refractivity contribution in [1.82, 2.24) is 0 Å². The summed E-state index contributed by atoms with van der Waals surface area (Å²) in [6.45, 7) is 5.28. The summed E-state index contributed by atoms with van der Waals surface area (Å²) in [6, 6.07) is 5.17. The number of hydrogen-bond acceptors (Lipinski definition) is 1. The monoisotopic (exact) mass is 228 g/mol. The smallest absolute Gasteiger partial charge is 0.162 e. The molecule has 0 aliphatic heterocycles. The average molecular weight is 229 g/mol. The lowest BCUT2D eigenvalue weighted by Crippen LogP contribution is -2.02. The first-order valence-electron chi connectivity index (χ1n) is 4.13. The van der Waals surface area contributed by atoms with Crippen molar-refractivity contribution in [2.45, 2.75) is 13.3 Å². The van der Waals surface area contributed by atoms with Gasteiger partial charge in [-0.1, -0.05) is 35.8 Å². The first-order valence-corrected chi connectivity index (χ1v) is 4.89. The molecule has 1 aromatic rings. The highest BCUT2D eigenvalue weighted by atomic mass is 35.5. The van der Waals surface area contributed by atoms with E-state index in [-0.39, 0.29) is 5.78 Å². The standard InChI is InChI=1S/C11H10Cl2O/c1-7(2)11(14)6-8-3-4-9(12)10(13)5-8/h3-5H,1,6H2,2H3. The molecule has 0 aromatic heterocycles. The molecule has 0 aliphatic rings. The van der Waals surface area contributed by atoms with Gasteiger partial charge in [0.1, 0.15) is 0 Å². The van der Waals surface area contributed by atoms with Crippen molar-refractivity contribution in [3.05, 3.63) is 46.0 Å². The second-order valence-electron chi connectivity index (χ2n) is 3.13. The Hall–Kier alpha value is -0.790. The molecule has 0 unspecified atom stereocenters. The van der Waals surface area contributed by atoms with Crippen molar-refractivity contribution in [2.75, 3.05) is 0 Å². The van der Waals surface area contributed by atoms with Crippen LogP contribution in [0.4, 0.5) is 0 Å². The van der Waals surface area contributed by atoms with Gasteiger partial charge in [-0.3, -0.25) is 4.79 Å². The maximum atomic E-state index is 11.3. The lowest BCUT2D eigenvalue weighted by atomic mass is 10.1. The van der Waals surface area contributed by atoms with Crippen molar-refractivity contribution >= 4 is 29.0 Å². The van der Waals surface area contributed by atoms with Crippen LogP contribution in [0.3, 0.4) is 0 Å². The van der Waals surface area contributed by atoms with Crippen LogP contribution in [-0.4, -0.2) is 5.78 Å². The van der Waals surface area contributed by atoms with E-state index < -0.39 is 0 Å². The van der Waals surface area contributed by atoms with Gasteiger partial charge in [0.05, 0.1) is 10.0 Å². The van der Waals surface area contributed by atoms with Crippen LogP contribution < -0.4 is 0 Å². The molecule has 74 valence electrons. The third kappa shape index (κ3) is 2.86. The van der Waals surface area contributed by atoms with Crippen LogP contribution in [0.1, 0.15) is 12.5 Å². The highest BCUT2D eigenvalue weighted by Gasteiger charge is 2.05. The van der Waals surface area contributed by atoms with Crippen LogP contribution in [0.15, 0.2) is 30.4 Å². The van der Waals surface area contributed by atoms with E-state index in [0.29, 0.717) is 22.0 Å². The zero-order valence-corrected chi connectivity index (χ0v) is 9.32. The van der Waals surface area contributed by atoms with Gasteiger partial charge in [0, 0.05) is 6.42 Å². The Morgan fingerprint density at radius 3 is 2.50 bits per heavy atom. The predicted octanol–water partition coefficient (Wildman–Crippen LogP) is 3.68. The third-order valence-electron chi connectivity index (χ3n) is 1.82. The van der Waals surface area contributed by atoms with E-state index in [2.05, 4.69) is 6.58 Å². The number of carbonyl (C=O) groups excluding carboxylic acids is 1. The molecule has 0 bridgehead atoms. The molecule has 0 radical (unpaired) electrons. The number of hydrogen-bond donors (Lipinski definition) is 0. The van der Waals surface area contributed by atoms with E-state index in [4.69, 9.17) is 23.2 Å². The third-order valence-corrected chi connectivity index (χ3v) is 2.56. The van der Waals surface area contributed by atoms with Crippen molar-refractivity contribution in [1.29, 1.82) is 0 Å². The molecule has 0 aliphatic carbocycles. The Morgan fingerprint density at radius 1 is 1.36 bits per heavy atom. The van der Waals surface area contributed by atoms with Crippen LogP contribution in [-0.2, 0) is 11.2 Å². The summed E-state index contributed by atoms with van der Waals surface area (Å²) in [7, 11) is 0. The van der Waals surface area contributed by atoms with Gasteiger partial charge in [0.15, 0.2) is 5.78 Å². The van der Waals surface area contributed by atoms with Gasteiger partial charge in [-0.15, -0.1) is 0 Å². The highest BCUT2D eigenvalue weighted by Crippen LogP contribution is 2.23. The molecule has 1 aromatic carbocycles. The molecule has 0 spiro atoms. The minimum Gasteiger partial charge on any atom is -0.294 e. The first kappa shape index (κ1) is 11.3. The Morgan fingerprint density at radius 2 is 2.00 bits per heavy atom. The Kier molecular flexibility index (Phi) is 3.73. The van der Waals surface area contributed by atoms with Crippen molar-refractivity contribution in [3.8, 4) is 0 Å². The molecular weight excluding hydrogens is 219 g/mol. The lowest BCUT2D eigenvalue weighted by Gasteiger charge is -2.02. The SMILES string of the molecule is C=C(C)C(=O)Cc1ccc(Cl)c(Cl)c1. The van der Waals surface area contributed by atoms with Crippen molar-refractivity contribution < 1.29 is 4.79 Å². The summed E-state index contributed by atoms with van der Waals surface area (Å²) < 4.78 is 0. The Labute approximate surface area is 93.3 Å². The second kappa shape index (κ2) is 4.63. The minimum atomic E-state index is 0.0170. The fourth-order valence-corrected chi connectivity index (χ4v) is 1.31. The van der Waals surface area contributed by atoms with Gasteiger partial charge in [-0.25, -0.2) is 0 Å². The highest BCUT2D eigenvalue weighted by molar-refractivity contribution is 6.42. The normalized spacial score (nSPS) is 9.93. The summed E-state index contributed by atoms with van der Waals surface area (Å²) in [5.74, 6) is 0.0170. The summed E-state index contributed by atoms with van der Waals surface area (Å²) >= 11 is 11.6. The number of rotatable bonds is 3. The van der Waals surface area contributed by atoms with E-state index in [1.807, 2.05) is 0 Å². The molecule has 14 heavy (non-hydrogen) atoms. The molecular formula is C11H10Cl2O. The molecule has 1 rings (SSSR count). The molecule has 0 saturated carbocycles. The fraction of sp³-hybridized carbons (Fsp3) is 0.182. The minimum absolute atomic E-state index is 0.0170. The first-order chi connectivity index (χ1) is 6.50. The summed E-state index contributed by atoms with van der Waals surface area (Å²) in [6.07, 6.45) is 0.326. The Bertz CT molecular complexity index is 383. The topological polar surface area (TPSA) is 17.1 Å². The number of Topliss-reactive ketones (excluding diaryl/α,β-unsaturated/α-hetero) is 1. The number of benzene rings is 1. The Balaban J connectivity index is 2.83. The van der Waals surface area contributed by atoms with Crippen LogP contribution >= 0.6 is 23.2 Å². The quantitative estimate of drug-likeness (QED) is 0.722. The molecule has 0 fully saturated rings. The molecule has 0 heterocycles. The van der Waals surface area contributed by atoms with Crippen LogP contribution in [0.25, 0.3) is 0 Å². The van der Waals surface area contributed by atoms with E-state index in [1.165, 1.54) is 0 Å². The van der Waals surface area contributed by atoms with Gasteiger partial charge < -0.3 is 0 Å². The maximum Gasteiger partial charge on any atom is 0.162 e. The van der Waals surface area contributed by atoms with Crippen LogP contribution in [0.2, 0.25) is 10.0 Å². The molecule has 0 N–H and O–H groups in total. The molecule has 3 heteroatoms. The number of carbonyl (C=O) groups is 1. The molecule has 1 nitrogen and oxygen atoms in total. The zero-order valence-electron chi connectivity index (χ0n) is 7.81. The largest absolute Gasteiger partial charge is 0.294 e. The van der Waals surface area contributed by atoms with Crippen molar-refractivity contribution in [3.63, 3.8) is 0 Å². The van der Waals surface area contributed by atoms with E-state index in [1.54, 1.807) is 25.1 Å². The molecule has 0 saturated heterocycles. The van der Waals surface area contributed by atoms with E-state index >= 15 is 0 Å². The summed E-state index contributed by atoms with van der Waals surface area (Å²) in [5, 5.41) is 0.969.